The molecule has 1 N–H and O–H groups in total. The van der Waals surface area contributed by atoms with Crippen LogP contribution in [-0.4, -0.2) is 33.2 Å². The summed E-state index contributed by atoms with van der Waals surface area (Å²) in [5.74, 6) is 0.366. The van der Waals surface area contributed by atoms with E-state index in [0.717, 1.165) is 17.9 Å². The van der Waals surface area contributed by atoms with Crippen LogP contribution in [0, 0.1) is 5.92 Å². The molecule has 1 fully saturated rings. The van der Waals surface area contributed by atoms with Gasteiger partial charge in [0, 0.05) is 12.1 Å². The van der Waals surface area contributed by atoms with E-state index in [4.69, 9.17) is 4.74 Å². The third kappa shape index (κ3) is 2.89. The van der Waals surface area contributed by atoms with Gasteiger partial charge in [0.05, 0.1) is 7.11 Å². The predicted molar refractivity (Wildman–Crippen MR) is 76.3 cm³/mol. The Balaban J connectivity index is 1.99. The lowest BCUT2D eigenvalue weighted by atomic mass is 10.1. The number of methoxy groups -OCH3 is 1. The van der Waals surface area contributed by atoms with Crippen LogP contribution in [0.25, 0.3) is 11.3 Å². The number of carbonyl (C=O) groups is 1. The number of ether oxygens (including phenoxy) is 1. The number of hydrogen-bond donors (Lipinski definition) is 1. The molecule has 0 spiro atoms. The van der Waals surface area contributed by atoms with Crippen molar-refractivity contribution in [1.29, 1.82) is 0 Å². The Labute approximate surface area is 122 Å². The van der Waals surface area contributed by atoms with Crippen LogP contribution in [0.1, 0.15) is 29.8 Å². The molecule has 2 aromatic rings. The first-order chi connectivity index (χ1) is 10.2. The topological polar surface area (TPSA) is 77.2 Å². The number of carboxylic acids is 1. The molecule has 0 saturated heterocycles. The number of carboxylic acid groups (broad SMARTS) is 1. The summed E-state index contributed by atoms with van der Waals surface area (Å²) in [6.45, 7) is 0.692. The molecule has 3 rings (SSSR count). The Hall–Kier alpha value is -2.37. The van der Waals surface area contributed by atoms with Crippen LogP contribution in [0.2, 0.25) is 0 Å². The maximum Gasteiger partial charge on any atom is 0.358 e. The maximum atomic E-state index is 11.4. The largest absolute Gasteiger partial charge is 0.497 e. The van der Waals surface area contributed by atoms with Crippen molar-refractivity contribution < 1.29 is 14.6 Å². The molecule has 1 aromatic heterocycles. The lowest BCUT2D eigenvalue weighted by molar-refractivity contribution is 0.0691. The third-order valence-electron chi connectivity index (χ3n) is 3.73. The minimum absolute atomic E-state index is 0.0148. The van der Waals surface area contributed by atoms with Crippen molar-refractivity contribution in [2.45, 2.75) is 25.8 Å². The molecule has 0 bridgehead atoms. The number of hydrogen-bond acceptors (Lipinski definition) is 4. The van der Waals surface area contributed by atoms with E-state index in [9.17, 15) is 9.90 Å². The first kappa shape index (κ1) is 13.6. The number of aryl methyl sites for hydroxylation is 1. The number of aromatic nitrogens is 3. The summed E-state index contributed by atoms with van der Waals surface area (Å²) in [5, 5.41) is 17.1. The second-order valence-corrected chi connectivity index (χ2v) is 5.28. The number of nitrogens with zero attached hydrogens (tertiary/aromatic N) is 3. The Morgan fingerprint density at radius 2 is 2.29 bits per heavy atom. The van der Waals surface area contributed by atoms with Crippen LogP contribution in [0.3, 0.4) is 0 Å². The molecule has 0 radical (unpaired) electrons. The van der Waals surface area contributed by atoms with Gasteiger partial charge in [-0.15, -0.1) is 5.10 Å². The van der Waals surface area contributed by atoms with Crippen molar-refractivity contribution in [3.63, 3.8) is 0 Å². The van der Waals surface area contributed by atoms with Crippen LogP contribution in [-0.2, 0) is 6.54 Å². The highest BCUT2D eigenvalue weighted by molar-refractivity contribution is 5.92. The fourth-order valence-electron chi connectivity index (χ4n) is 2.38. The molecule has 1 aromatic carbocycles. The van der Waals surface area contributed by atoms with Gasteiger partial charge in [-0.25, -0.2) is 9.48 Å². The van der Waals surface area contributed by atoms with Gasteiger partial charge in [-0.3, -0.25) is 0 Å². The van der Waals surface area contributed by atoms with Crippen LogP contribution < -0.4 is 4.74 Å². The van der Waals surface area contributed by atoms with Crippen molar-refractivity contribution in [2.75, 3.05) is 7.11 Å². The molecule has 0 amide bonds. The molecule has 0 unspecified atom stereocenters. The standard InChI is InChI=1S/C15H17N3O3/c1-21-12-4-2-3-11(9-12)14-13(15(19)20)16-17-18(14)8-7-10-5-6-10/h2-4,9-10H,5-8H2,1H3,(H,19,20). The van der Waals surface area contributed by atoms with Crippen molar-refractivity contribution >= 4 is 5.97 Å². The normalized spacial score (nSPS) is 14.1. The van der Waals surface area contributed by atoms with Gasteiger partial charge in [0.1, 0.15) is 11.4 Å². The Kier molecular flexibility index (Phi) is 3.60. The SMILES string of the molecule is COc1cccc(-c2c(C(=O)O)nnn2CCC2CC2)c1. The van der Waals surface area contributed by atoms with Gasteiger partial charge in [0.15, 0.2) is 5.69 Å². The summed E-state index contributed by atoms with van der Waals surface area (Å²) >= 11 is 0. The summed E-state index contributed by atoms with van der Waals surface area (Å²) < 4.78 is 6.89. The van der Waals surface area contributed by atoms with Crippen molar-refractivity contribution in [1.82, 2.24) is 15.0 Å². The van der Waals surface area contributed by atoms with E-state index < -0.39 is 5.97 Å². The molecule has 1 saturated carbocycles. The highest BCUT2D eigenvalue weighted by Gasteiger charge is 2.24. The molecular formula is C15H17N3O3. The average molecular weight is 287 g/mol. The molecule has 1 aliphatic carbocycles. The Bertz CT molecular complexity index is 662. The van der Waals surface area contributed by atoms with Crippen LogP contribution in [0.4, 0.5) is 0 Å². The zero-order chi connectivity index (χ0) is 14.8. The van der Waals surface area contributed by atoms with Gasteiger partial charge >= 0.3 is 5.97 Å². The average Bonchev–Trinajstić information content (AvgIpc) is 3.22. The lowest BCUT2D eigenvalue weighted by Gasteiger charge is -2.08. The van der Waals surface area contributed by atoms with E-state index in [1.807, 2.05) is 18.2 Å². The van der Waals surface area contributed by atoms with E-state index >= 15 is 0 Å². The molecular weight excluding hydrogens is 270 g/mol. The molecule has 1 heterocycles. The number of aromatic carboxylic acids is 1. The van der Waals surface area contributed by atoms with E-state index in [1.54, 1.807) is 17.9 Å². The minimum atomic E-state index is -1.06. The summed E-state index contributed by atoms with van der Waals surface area (Å²) in [7, 11) is 1.58. The number of benzene rings is 1. The highest BCUT2D eigenvalue weighted by Crippen LogP contribution is 2.33. The van der Waals surface area contributed by atoms with Crippen LogP contribution in [0.15, 0.2) is 24.3 Å². The van der Waals surface area contributed by atoms with E-state index in [1.165, 1.54) is 12.8 Å². The summed E-state index contributed by atoms with van der Waals surface area (Å²) in [5.41, 5.74) is 1.29. The summed E-state index contributed by atoms with van der Waals surface area (Å²) in [4.78, 5) is 11.4. The first-order valence-electron chi connectivity index (χ1n) is 7.00. The van der Waals surface area contributed by atoms with Crippen molar-refractivity contribution in [3.8, 4) is 17.0 Å². The monoisotopic (exact) mass is 287 g/mol. The van der Waals surface area contributed by atoms with Crippen molar-refractivity contribution in [2.24, 2.45) is 5.92 Å². The molecule has 110 valence electrons. The van der Waals surface area contributed by atoms with Crippen LogP contribution >= 0.6 is 0 Å². The van der Waals surface area contributed by atoms with Gasteiger partial charge < -0.3 is 9.84 Å². The highest BCUT2D eigenvalue weighted by atomic mass is 16.5. The molecule has 0 aliphatic heterocycles. The van der Waals surface area contributed by atoms with Gasteiger partial charge in [-0.1, -0.05) is 30.2 Å². The minimum Gasteiger partial charge on any atom is -0.497 e. The third-order valence-corrected chi connectivity index (χ3v) is 3.73. The van der Waals surface area contributed by atoms with Crippen LogP contribution in [0.5, 0.6) is 5.75 Å². The van der Waals surface area contributed by atoms with E-state index in [2.05, 4.69) is 10.3 Å². The predicted octanol–water partition coefficient (Wildman–Crippen LogP) is 2.45. The number of rotatable bonds is 6. The Morgan fingerprint density at radius 1 is 1.48 bits per heavy atom. The van der Waals surface area contributed by atoms with Gasteiger partial charge in [-0.2, -0.15) is 0 Å². The zero-order valence-corrected chi connectivity index (χ0v) is 11.8. The Morgan fingerprint density at radius 3 is 2.95 bits per heavy atom. The fourth-order valence-corrected chi connectivity index (χ4v) is 2.38. The smallest absolute Gasteiger partial charge is 0.358 e. The summed E-state index contributed by atoms with van der Waals surface area (Å²) in [6.07, 6.45) is 3.53. The second kappa shape index (κ2) is 5.55. The second-order valence-electron chi connectivity index (χ2n) is 5.28. The van der Waals surface area contributed by atoms with Gasteiger partial charge in [0.2, 0.25) is 0 Å². The zero-order valence-electron chi connectivity index (χ0n) is 11.8. The van der Waals surface area contributed by atoms with Crippen molar-refractivity contribution in [3.05, 3.63) is 30.0 Å². The lowest BCUT2D eigenvalue weighted by Crippen LogP contribution is -2.06. The maximum absolute atomic E-state index is 11.4. The molecule has 1 aliphatic rings. The summed E-state index contributed by atoms with van der Waals surface area (Å²) in [6, 6.07) is 7.31. The molecule has 6 nitrogen and oxygen atoms in total. The fraction of sp³-hybridized carbons (Fsp3) is 0.400. The quantitative estimate of drug-likeness (QED) is 0.883. The molecule has 0 atom stereocenters. The van der Waals surface area contributed by atoms with E-state index in [-0.39, 0.29) is 5.69 Å². The molecule has 6 heteroatoms. The van der Waals surface area contributed by atoms with Gasteiger partial charge in [0.25, 0.3) is 0 Å². The van der Waals surface area contributed by atoms with E-state index in [0.29, 0.717) is 18.0 Å². The first-order valence-corrected chi connectivity index (χ1v) is 7.00. The molecule has 21 heavy (non-hydrogen) atoms. The van der Waals surface area contributed by atoms with Gasteiger partial charge in [-0.05, 0) is 24.5 Å².